The number of benzene rings is 2. The molecule has 0 N–H and O–H groups in total. The van der Waals surface area contributed by atoms with E-state index in [-0.39, 0.29) is 18.2 Å². The van der Waals surface area contributed by atoms with Crippen LogP contribution in [-0.4, -0.2) is 34.0 Å². The van der Waals surface area contributed by atoms with Crippen molar-refractivity contribution in [2.24, 2.45) is 0 Å². The van der Waals surface area contributed by atoms with Crippen LogP contribution >= 0.6 is 12.4 Å². The van der Waals surface area contributed by atoms with E-state index in [1.807, 2.05) is 35.1 Å². The van der Waals surface area contributed by atoms with Crippen molar-refractivity contribution in [1.82, 2.24) is 0 Å². The minimum atomic E-state index is -0.629. The Morgan fingerprint density at radius 1 is 0.750 bits per heavy atom. The Morgan fingerprint density at radius 3 is 1.25 bits per heavy atom. The molecule has 4 heteroatoms. The topological polar surface area (TPSA) is 23.6 Å². The first-order chi connectivity index (χ1) is 10.8. The van der Waals surface area contributed by atoms with E-state index in [9.17, 15) is 4.79 Å². The smallest absolute Gasteiger partial charge is 0.144 e. The van der Waals surface area contributed by atoms with E-state index in [1.54, 1.807) is 6.92 Å². The van der Waals surface area contributed by atoms with E-state index in [2.05, 4.69) is 58.3 Å². The summed E-state index contributed by atoms with van der Waals surface area (Å²) in [4.78, 5) is 16.6. The first kappa shape index (κ1) is 20.0. The molecule has 0 unspecified atom stereocenters. The van der Waals surface area contributed by atoms with Gasteiger partial charge < -0.3 is 9.80 Å². The molecule has 0 amide bonds. The van der Waals surface area contributed by atoms with Crippen LogP contribution in [0.5, 0.6) is 0 Å². The molecule has 2 aromatic carbocycles. The molecule has 0 saturated carbocycles. The fraction of sp³-hybridized carbons (Fsp3) is 0.350. The SMILES string of the molecule is CC(=O)C(C)(c1ccc(N(C)C)cc1)c1ccc(N(C)C)cc1.Cl. The zero-order valence-electron chi connectivity index (χ0n) is 15.3. The molecule has 0 heterocycles. The second kappa shape index (κ2) is 7.71. The fourth-order valence-electron chi connectivity index (χ4n) is 2.76. The molecule has 0 radical (unpaired) electrons. The van der Waals surface area contributed by atoms with Crippen molar-refractivity contribution in [3.63, 3.8) is 0 Å². The van der Waals surface area contributed by atoms with E-state index < -0.39 is 5.41 Å². The summed E-state index contributed by atoms with van der Waals surface area (Å²) in [5.41, 5.74) is 3.67. The predicted octanol–water partition coefficient (Wildman–Crippen LogP) is 4.14. The molecule has 24 heavy (non-hydrogen) atoms. The average Bonchev–Trinajstić information content (AvgIpc) is 2.54. The summed E-state index contributed by atoms with van der Waals surface area (Å²) < 4.78 is 0. The van der Waals surface area contributed by atoms with Crippen molar-refractivity contribution >= 4 is 29.6 Å². The molecule has 2 rings (SSSR count). The second-order valence-corrected chi connectivity index (χ2v) is 6.56. The molecule has 0 spiro atoms. The Morgan fingerprint density at radius 2 is 1.04 bits per heavy atom. The number of carbonyl (C=O) groups is 1. The van der Waals surface area contributed by atoms with Crippen LogP contribution < -0.4 is 9.80 Å². The van der Waals surface area contributed by atoms with Gasteiger partial charge in [0, 0.05) is 39.6 Å². The zero-order chi connectivity index (χ0) is 17.2. The monoisotopic (exact) mass is 346 g/mol. The Bertz CT molecular complexity index is 624. The fourth-order valence-corrected chi connectivity index (χ4v) is 2.76. The highest BCUT2D eigenvalue weighted by Gasteiger charge is 2.34. The van der Waals surface area contributed by atoms with E-state index >= 15 is 0 Å². The predicted molar refractivity (Wildman–Crippen MR) is 106 cm³/mol. The number of Topliss-reactive ketones (excluding diaryl/α,β-unsaturated/α-hetero) is 1. The summed E-state index contributed by atoms with van der Waals surface area (Å²) in [6.45, 7) is 3.67. The summed E-state index contributed by atoms with van der Waals surface area (Å²) in [6, 6.07) is 16.4. The third-order valence-corrected chi connectivity index (χ3v) is 4.63. The molecule has 3 nitrogen and oxygen atoms in total. The summed E-state index contributed by atoms with van der Waals surface area (Å²) in [6.07, 6.45) is 0. The molecule has 0 aliphatic heterocycles. The van der Waals surface area contributed by atoms with Gasteiger partial charge in [0.05, 0.1) is 5.41 Å². The third kappa shape index (κ3) is 3.73. The first-order valence-electron chi connectivity index (χ1n) is 7.83. The van der Waals surface area contributed by atoms with Gasteiger partial charge in [0.2, 0.25) is 0 Å². The number of anilines is 2. The Labute approximate surface area is 151 Å². The number of carbonyl (C=O) groups excluding carboxylic acids is 1. The molecule has 130 valence electrons. The van der Waals surface area contributed by atoms with Gasteiger partial charge in [-0.15, -0.1) is 12.4 Å². The summed E-state index contributed by atoms with van der Waals surface area (Å²) in [5.74, 6) is 0.146. The standard InChI is InChI=1S/C20H26N2O.ClH/c1-15(23)20(2,16-7-11-18(12-8-16)21(3)4)17-9-13-19(14-10-17)22(5)6;/h7-14H,1-6H3;1H. The molecule has 0 saturated heterocycles. The molecule has 0 fully saturated rings. The van der Waals surface area contributed by atoms with Crippen LogP contribution in [0.2, 0.25) is 0 Å². The van der Waals surface area contributed by atoms with E-state index in [1.165, 1.54) is 0 Å². The second-order valence-electron chi connectivity index (χ2n) is 6.56. The number of halogens is 1. The molecule has 2 aromatic rings. The molecule has 0 aliphatic rings. The van der Waals surface area contributed by atoms with Crippen LogP contribution in [0.3, 0.4) is 0 Å². The van der Waals surface area contributed by atoms with Crippen molar-refractivity contribution in [3.05, 3.63) is 59.7 Å². The highest BCUT2D eigenvalue weighted by molar-refractivity contribution is 5.91. The summed E-state index contributed by atoms with van der Waals surface area (Å²) >= 11 is 0. The van der Waals surface area contributed by atoms with Gasteiger partial charge in [-0.05, 0) is 49.2 Å². The number of ketones is 1. The van der Waals surface area contributed by atoms with Gasteiger partial charge >= 0.3 is 0 Å². The lowest BCUT2D eigenvalue weighted by Crippen LogP contribution is -2.32. The lowest BCUT2D eigenvalue weighted by Gasteiger charge is -2.29. The molecule has 0 atom stereocenters. The Balaban J connectivity index is 0.00000288. The van der Waals surface area contributed by atoms with Crippen LogP contribution in [0.1, 0.15) is 25.0 Å². The maximum atomic E-state index is 12.5. The number of hydrogen-bond acceptors (Lipinski definition) is 3. The largest absolute Gasteiger partial charge is 0.378 e. The minimum Gasteiger partial charge on any atom is -0.378 e. The van der Waals surface area contributed by atoms with Crippen molar-refractivity contribution in [2.75, 3.05) is 38.0 Å². The van der Waals surface area contributed by atoms with Crippen LogP contribution in [0.4, 0.5) is 11.4 Å². The molecule has 0 bridgehead atoms. The van der Waals surface area contributed by atoms with Gasteiger partial charge in [-0.25, -0.2) is 0 Å². The molecular weight excluding hydrogens is 320 g/mol. The van der Waals surface area contributed by atoms with E-state index in [4.69, 9.17) is 0 Å². The van der Waals surface area contributed by atoms with Gasteiger partial charge in [0.25, 0.3) is 0 Å². The average molecular weight is 347 g/mol. The normalized spacial score (nSPS) is 10.8. The number of rotatable bonds is 5. The highest BCUT2D eigenvalue weighted by atomic mass is 35.5. The maximum absolute atomic E-state index is 12.5. The van der Waals surface area contributed by atoms with Crippen LogP contribution in [0.25, 0.3) is 0 Å². The van der Waals surface area contributed by atoms with Gasteiger partial charge in [-0.3, -0.25) is 4.79 Å². The summed E-state index contributed by atoms with van der Waals surface area (Å²) in [5, 5.41) is 0. The van der Waals surface area contributed by atoms with Crippen molar-refractivity contribution in [3.8, 4) is 0 Å². The van der Waals surface area contributed by atoms with E-state index in [0.29, 0.717) is 0 Å². The lowest BCUT2D eigenvalue weighted by molar-refractivity contribution is -0.120. The van der Waals surface area contributed by atoms with Crippen LogP contribution in [0.15, 0.2) is 48.5 Å². The Hall–Kier alpha value is -2.00. The zero-order valence-corrected chi connectivity index (χ0v) is 16.1. The molecule has 0 aliphatic carbocycles. The number of nitrogens with zero attached hydrogens (tertiary/aromatic N) is 2. The summed E-state index contributed by atoms with van der Waals surface area (Å²) in [7, 11) is 8.05. The Kier molecular flexibility index (Phi) is 6.44. The van der Waals surface area contributed by atoms with Crippen molar-refractivity contribution < 1.29 is 4.79 Å². The number of hydrogen-bond donors (Lipinski definition) is 0. The van der Waals surface area contributed by atoms with Gasteiger partial charge in [0.1, 0.15) is 5.78 Å². The van der Waals surface area contributed by atoms with Crippen LogP contribution in [0, 0.1) is 0 Å². The highest BCUT2D eigenvalue weighted by Crippen LogP contribution is 2.34. The first-order valence-corrected chi connectivity index (χ1v) is 7.83. The molecule has 0 aromatic heterocycles. The van der Waals surface area contributed by atoms with Crippen LogP contribution in [-0.2, 0) is 10.2 Å². The maximum Gasteiger partial charge on any atom is 0.144 e. The quantitative estimate of drug-likeness (QED) is 0.813. The van der Waals surface area contributed by atoms with Gasteiger partial charge in [-0.2, -0.15) is 0 Å². The minimum absolute atomic E-state index is 0. The lowest BCUT2D eigenvalue weighted by atomic mass is 9.73. The van der Waals surface area contributed by atoms with E-state index in [0.717, 1.165) is 22.5 Å². The van der Waals surface area contributed by atoms with Gasteiger partial charge in [-0.1, -0.05) is 24.3 Å². The van der Waals surface area contributed by atoms with Crippen molar-refractivity contribution in [2.45, 2.75) is 19.3 Å². The van der Waals surface area contributed by atoms with Crippen molar-refractivity contribution in [1.29, 1.82) is 0 Å². The van der Waals surface area contributed by atoms with Gasteiger partial charge in [0.15, 0.2) is 0 Å². The molecular formula is C20H27ClN2O. The third-order valence-electron chi connectivity index (χ3n) is 4.63.